The Labute approximate surface area is 206 Å². The molecule has 2 amide bonds. The molecule has 0 spiro atoms. The van der Waals surface area contributed by atoms with Crippen LogP contribution in [0.1, 0.15) is 50.7 Å². The molecular weight excluding hydrogens is 442 g/mol. The van der Waals surface area contributed by atoms with E-state index in [1.807, 2.05) is 63.4 Å². The number of rotatable bonds is 10. The zero-order chi connectivity index (χ0) is 24.9. The molecule has 186 valence electrons. The summed E-state index contributed by atoms with van der Waals surface area (Å²) in [6.45, 7) is 7.49. The van der Waals surface area contributed by atoms with Gasteiger partial charge in [-0.2, -0.15) is 0 Å². The molecule has 1 fully saturated rings. The molecule has 2 unspecified atom stereocenters. The Morgan fingerprint density at radius 1 is 1.17 bits per heavy atom. The maximum Gasteiger partial charge on any atom is 0.243 e. The molecule has 0 aliphatic carbocycles. The number of hydrogen-bond donors (Lipinski definition) is 2. The van der Waals surface area contributed by atoms with Crippen molar-refractivity contribution in [3.8, 4) is 11.5 Å². The van der Waals surface area contributed by atoms with Gasteiger partial charge in [-0.15, -0.1) is 0 Å². The molecule has 35 heavy (non-hydrogen) atoms. The van der Waals surface area contributed by atoms with Gasteiger partial charge in [0.25, 0.3) is 0 Å². The quantitative estimate of drug-likeness (QED) is 0.451. The number of para-hydroxylation sites is 1. The number of nitrogens with one attached hydrogen (secondary N) is 2. The van der Waals surface area contributed by atoms with Crippen LogP contribution in [0.5, 0.6) is 11.5 Å². The molecule has 7 nitrogen and oxygen atoms in total. The summed E-state index contributed by atoms with van der Waals surface area (Å²) in [6, 6.07) is 13.6. The Kier molecular flexibility index (Phi) is 7.63. The Bertz CT molecular complexity index is 1190. The van der Waals surface area contributed by atoms with Crippen LogP contribution in [0.15, 0.2) is 48.7 Å². The van der Waals surface area contributed by atoms with Gasteiger partial charge >= 0.3 is 0 Å². The summed E-state index contributed by atoms with van der Waals surface area (Å²) in [5.74, 6) is 1.19. The first kappa shape index (κ1) is 24.6. The summed E-state index contributed by atoms with van der Waals surface area (Å²) in [5.41, 5.74) is 3.14. The lowest BCUT2D eigenvalue weighted by Gasteiger charge is -2.30. The van der Waals surface area contributed by atoms with Crippen molar-refractivity contribution in [3.63, 3.8) is 0 Å². The second-order valence-electron chi connectivity index (χ2n) is 9.31. The normalized spacial score (nSPS) is 15.5. The van der Waals surface area contributed by atoms with Gasteiger partial charge in [-0.05, 0) is 48.6 Å². The van der Waals surface area contributed by atoms with E-state index in [0.29, 0.717) is 37.6 Å². The van der Waals surface area contributed by atoms with E-state index in [0.717, 1.165) is 28.5 Å². The SMILES string of the molecule is CCOc1ccc(C(CNC(=O)C(C(C)C)N2CCCC2=O)c2c[nH]c3ccccc23)cc1OC. The van der Waals surface area contributed by atoms with Crippen molar-refractivity contribution in [2.24, 2.45) is 5.92 Å². The van der Waals surface area contributed by atoms with Gasteiger partial charge in [0, 0.05) is 42.5 Å². The van der Waals surface area contributed by atoms with Gasteiger partial charge in [0.15, 0.2) is 11.5 Å². The molecule has 2 N–H and O–H groups in total. The van der Waals surface area contributed by atoms with E-state index in [1.54, 1.807) is 12.0 Å². The molecule has 4 rings (SSSR count). The van der Waals surface area contributed by atoms with E-state index in [4.69, 9.17) is 9.47 Å². The Hall–Kier alpha value is -3.48. The lowest BCUT2D eigenvalue weighted by atomic mass is 9.90. The van der Waals surface area contributed by atoms with Crippen LogP contribution in [0.4, 0.5) is 0 Å². The average Bonchev–Trinajstić information content (AvgIpc) is 3.46. The van der Waals surface area contributed by atoms with Crippen molar-refractivity contribution >= 4 is 22.7 Å². The zero-order valence-electron chi connectivity index (χ0n) is 21.0. The first-order valence-electron chi connectivity index (χ1n) is 12.4. The molecule has 1 aliphatic rings. The number of nitrogens with zero attached hydrogens (tertiary/aromatic N) is 1. The average molecular weight is 478 g/mol. The van der Waals surface area contributed by atoms with Gasteiger partial charge in [0.05, 0.1) is 13.7 Å². The molecule has 1 saturated heterocycles. The van der Waals surface area contributed by atoms with Crippen LogP contribution in [0.3, 0.4) is 0 Å². The van der Waals surface area contributed by atoms with Gasteiger partial charge in [-0.3, -0.25) is 9.59 Å². The first-order chi connectivity index (χ1) is 16.9. The fourth-order valence-corrected chi connectivity index (χ4v) is 5.04. The number of methoxy groups -OCH3 is 1. The number of carbonyl (C=O) groups excluding carboxylic acids is 2. The predicted octanol–water partition coefficient (Wildman–Crippen LogP) is 4.47. The van der Waals surface area contributed by atoms with Crippen LogP contribution >= 0.6 is 0 Å². The minimum Gasteiger partial charge on any atom is -0.493 e. The molecule has 3 aromatic rings. The molecule has 2 atom stereocenters. The van der Waals surface area contributed by atoms with E-state index in [9.17, 15) is 9.59 Å². The highest BCUT2D eigenvalue weighted by Gasteiger charge is 2.35. The maximum absolute atomic E-state index is 13.4. The van der Waals surface area contributed by atoms with Crippen molar-refractivity contribution in [3.05, 3.63) is 59.8 Å². The summed E-state index contributed by atoms with van der Waals surface area (Å²) in [6.07, 6.45) is 3.33. The molecule has 7 heteroatoms. The third-order valence-corrected chi connectivity index (χ3v) is 6.71. The maximum atomic E-state index is 13.4. The third-order valence-electron chi connectivity index (χ3n) is 6.71. The Morgan fingerprint density at radius 2 is 1.97 bits per heavy atom. The van der Waals surface area contributed by atoms with Gasteiger partial charge in [-0.1, -0.05) is 38.1 Å². The number of H-pyrrole nitrogens is 1. The number of hydrogen-bond acceptors (Lipinski definition) is 4. The number of likely N-dealkylation sites (tertiary alicyclic amines) is 1. The monoisotopic (exact) mass is 477 g/mol. The molecule has 1 aliphatic heterocycles. The lowest BCUT2D eigenvalue weighted by Crippen LogP contribution is -2.51. The smallest absolute Gasteiger partial charge is 0.243 e. The number of carbonyl (C=O) groups is 2. The van der Waals surface area contributed by atoms with Crippen molar-refractivity contribution < 1.29 is 19.1 Å². The lowest BCUT2D eigenvalue weighted by molar-refractivity contribution is -0.139. The fourth-order valence-electron chi connectivity index (χ4n) is 5.04. The van der Waals surface area contributed by atoms with Crippen LogP contribution in [-0.2, 0) is 9.59 Å². The number of aromatic amines is 1. The van der Waals surface area contributed by atoms with Crippen LogP contribution in [0, 0.1) is 5.92 Å². The van der Waals surface area contributed by atoms with Crippen molar-refractivity contribution in [2.75, 3.05) is 26.8 Å². The van der Waals surface area contributed by atoms with Crippen LogP contribution in [-0.4, -0.2) is 54.5 Å². The minimum absolute atomic E-state index is 0.0224. The Morgan fingerprint density at radius 3 is 2.66 bits per heavy atom. The number of benzene rings is 2. The second-order valence-corrected chi connectivity index (χ2v) is 9.31. The highest BCUT2D eigenvalue weighted by molar-refractivity contribution is 5.89. The fraction of sp³-hybridized carbons (Fsp3) is 0.429. The number of amides is 2. The molecular formula is C28H35N3O4. The van der Waals surface area contributed by atoms with Crippen LogP contribution in [0.2, 0.25) is 0 Å². The van der Waals surface area contributed by atoms with Crippen LogP contribution in [0.25, 0.3) is 10.9 Å². The van der Waals surface area contributed by atoms with Crippen molar-refractivity contribution in [1.82, 2.24) is 15.2 Å². The van der Waals surface area contributed by atoms with Crippen molar-refractivity contribution in [2.45, 2.75) is 45.6 Å². The Balaban J connectivity index is 1.66. The summed E-state index contributed by atoms with van der Waals surface area (Å²) < 4.78 is 11.3. The standard InChI is InChI=1S/C28H35N3O4/c1-5-35-24-13-12-19(15-25(24)34-4)21(22-17-29-23-10-7-6-9-20(22)23)16-30-28(33)27(18(2)3)31-14-8-11-26(31)32/h6-7,9-10,12-13,15,17-18,21,27,29H,5,8,11,14,16H2,1-4H3,(H,30,33). The molecule has 0 saturated carbocycles. The highest BCUT2D eigenvalue weighted by atomic mass is 16.5. The highest BCUT2D eigenvalue weighted by Crippen LogP contribution is 2.36. The van der Waals surface area contributed by atoms with Gasteiger partial charge in [-0.25, -0.2) is 0 Å². The van der Waals surface area contributed by atoms with E-state index < -0.39 is 6.04 Å². The van der Waals surface area contributed by atoms with E-state index in [2.05, 4.69) is 16.4 Å². The number of ether oxygens (including phenoxy) is 2. The summed E-state index contributed by atoms with van der Waals surface area (Å²) in [5, 5.41) is 4.28. The molecule has 0 bridgehead atoms. The van der Waals surface area contributed by atoms with Crippen molar-refractivity contribution in [1.29, 1.82) is 0 Å². The summed E-state index contributed by atoms with van der Waals surface area (Å²) in [4.78, 5) is 30.9. The second kappa shape index (κ2) is 10.8. The zero-order valence-corrected chi connectivity index (χ0v) is 21.0. The minimum atomic E-state index is -0.469. The summed E-state index contributed by atoms with van der Waals surface area (Å²) >= 11 is 0. The predicted molar refractivity (Wildman–Crippen MR) is 137 cm³/mol. The van der Waals surface area contributed by atoms with E-state index >= 15 is 0 Å². The van der Waals surface area contributed by atoms with Gasteiger partial charge in [0.1, 0.15) is 6.04 Å². The molecule has 0 radical (unpaired) electrons. The van der Waals surface area contributed by atoms with Crippen LogP contribution < -0.4 is 14.8 Å². The van der Waals surface area contributed by atoms with E-state index in [1.165, 1.54) is 0 Å². The molecule has 1 aromatic heterocycles. The largest absolute Gasteiger partial charge is 0.493 e. The summed E-state index contributed by atoms with van der Waals surface area (Å²) in [7, 11) is 1.63. The third kappa shape index (κ3) is 5.14. The topological polar surface area (TPSA) is 83.7 Å². The van der Waals surface area contributed by atoms with Gasteiger partial charge in [0.2, 0.25) is 11.8 Å². The molecule has 2 heterocycles. The molecule has 2 aromatic carbocycles. The number of aromatic nitrogens is 1. The first-order valence-corrected chi connectivity index (χ1v) is 12.4. The van der Waals surface area contributed by atoms with E-state index in [-0.39, 0.29) is 23.7 Å². The van der Waals surface area contributed by atoms with Gasteiger partial charge < -0.3 is 24.7 Å². The number of fused-ring (bicyclic) bond motifs is 1.